The number of benzene rings is 1. The van der Waals surface area contributed by atoms with Crippen LogP contribution >= 0.6 is 0 Å². The molecule has 4 nitrogen and oxygen atoms in total. The van der Waals surface area contributed by atoms with E-state index < -0.39 is 0 Å². The van der Waals surface area contributed by atoms with Gasteiger partial charge < -0.3 is 15.4 Å². The van der Waals surface area contributed by atoms with Crippen molar-refractivity contribution in [3.8, 4) is 0 Å². The molecule has 0 radical (unpaired) electrons. The van der Waals surface area contributed by atoms with Crippen LogP contribution in [0, 0.1) is 5.41 Å². The zero-order valence-electron chi connectivity index (χ0n) is 12.8. The van der Waals surface area contributed by atoms with E-state index in [4.69, 9.17) is 4.74 Å². The SMILES string of the molecule is CCOC1CC(Nc2ccc(C(=O)NC)cc2)C12CCC2. The molecule has 2 saturated carbocycles. The van der Waals surface area contributed by atoms with Gasteiger partial charge in [0, 0.05) is 36.4 Å². The first-order chi connectivity index (χ1) is 10.2. The molecule has 0 bridgehead atoms. The molecule has 1 amide bonds. The largest absolute Gasteiger partial charge is 0.382 e. The number of rotatable bonds is 5. The molecule has 1 aromatic carbocycles. The van der Waals surface area contributed by atoms with Crippen molar-refractivity contribution in [2.75, 3.05) is 19.0 Å². The number of hydrogen-bond acceptors (Lipinski definition) is 3. The van der Waals surface area contributed by atoms with Crippen molar-refractivity contribution in [2.45, 2.75) is 44.8 Å². The van der Waals surface area contributed by atoms with Crippen LogP contribution in [-0.4, -0.2) is 31.7 Å². The Morgan fingerprint density at radius 1 is 1.33 bits per heavy atom. The normalized spacial score (nSPS) is 25.8. The molecule has 2 N–H and O–H groups in total. The van der Waals surface area contributed by atoms with Gasteiger partial charge in [-0.1, -0.05) is 6.42 Å². The molecule has 4 heteroatoms. The molecular formula is C17H24N2O2. The van der Waals surface area contributed by atoms with Crippen molar-refractivity contribution in [1.82, 2.24) is 5.32 Å². The minimum Gasteiger partial charge on any atom is -0.382 e. The number of amides is 1. The summed E-state index contributed by atoms with van der Waals surface area (Å²) in [6.07, 6.45) is 5.37. The van der Waals surface area contributed by atoms with Gasteiger partial charge in [-0.3, -0.25) is 4.79 Å². The molecule has 1 aromatic rings. The molecule has 0 aromatic heterocycles. The van der Waals surface area contributed by atoms with Crippen molar-refractivity contribution in [1.29, 1.82) is 0 Å². The van der Waals surface area contributed by atoms with Gasteiger partial charge in [-0.05, 0) is 50.5 Å². The number of carbonyl (C=O) groups excluding carboxylic acids is 1. The van der Waals surface area contributed by atoms with Gasteiger partial charge in [0.2, 0.25) is 0 Å². The van der Waals surface area contributed by atoms with Gasteiger partial charge in [0.1, 0.15) is 0 Å². The summed E-state index contributed by atoms with van der Waals surface area (Å²) in [7, 11) is 1.65. The average Bonchev–Trinajstić information content (AvgIpc) is 2.44. The van der Waals surface area contributed by atoms with Crippen molar-refractivity contribution >= 4 is 11.6 Å². The second-order valence-corrected chi connectivity index (χ2v) is 6.12. The number of nitrogens with one attached hydrogen (secondary N) is 2. The summed E-state index contributed by atoms with van der Waals surface area (Å²) in [5.41, 5.74) is 2.14. The van der Waals surface area contributed by atoms with E-state index in [9.17, 15) is 4.79 Å². The number of ether oxygens (including phenoxy) is 1. The molecule has 2 fully saturated rings. The van der Waals surface area contributed by atoms with E-state index in [0.29, 0.717) is 23.1 Å². The minimum atomic E-state index is -0.0444. The van der Waals surface area contributed by atoms with Crippen LogP contribution in [0.15, 0.2) is 24.3 Å². The Morgan fingerprint density at radius 2 is 2.05 bits per heavy atom. The number of anilines is 1. The van der Waals surface area contributed by atoms with Crippen LogP contribution < -0.4 is 10.6 Å². The maximum atomic E-state index is 11.5. The van der Waals surface area contributed by atoms with Crippen LogP contribution in [-0.2, 0) is 4.74 Å². The highest BCUT2D eigenvalue weighted by molar-refractivity contribution is 5.94. The second-order valence-electron chi connectivity index (χ2n) is 6.12. The first-order valence-electron chi connectivity index (χ1n) is 7.90. The van der Waals surface area contributed by atoms with Gasteiger partial charge in [0.15, 0.2) is 0 Å². The Bertz CT molecular complexity index is 508. The predicted octanol–water partition coefficient (Wildman–Crippen LogP) is 2.81. The van der Waals surface area contributed by atoms with Crippen molar-refractivity contribution < 1.29 is 9.53 Å². The second kappa shape index (κ2) is 5.68. The summed E-state index contributed by atoms with van der Waals surface area (Å²) in [5.74, 6) is -0.0444. The summed E-state index contributed by atoms with van der Waals surface area (Å²) in [6.45, 7) is 2.88. The molecule has 0 saturated heterocycles. The van der Waals surface area contributed by atoms with E-state index in [1.807, 2.05) is 24.3 Å². The predicted molar refractivity (Wildman–Crippen MR) is 83.6 cm³/mol. The third-order valence-electron chi connectivity index (χ3n) is 5.15. The molecular weight excluding hydrogens is 264 g/mol. The molecule has 0 heterocycles. The topological polar surface area (TPSA) is 50.4 Å². The van der Waals surface area contributed by atoms with E-state index in [-0.39, 0.29) is 5.91 Å². The van der Waals surface area contributed by atoms with Crippen LogP contribution in [0.2, 0.25) is 0 Å². The van der Waals surface area contributed by atoms with Crippen molar-refractivity contribution in [2.24, 2.45) is 5.41 Å². The smallest absolute Gasteiger partial charge is 0.251 e. The lowest BCUT2D eigenvalue weighted by molar-refractivity contribution is -0.157. The lowest BCUT2D eigenvalue weighted by Gasteiger charge is -2.61. The van der Waals surface area contributed by atoms with Crippen molar-refractivity contribution in [3.05, 3.63) is 29.8 Å². The number of hydrogen-bond donors (Lipinski definition) is 2. The molecule has 2 atom stereocenters. The Labute approximate surface area is 126 Å². The monoisotopic (exact) mass is 288 g/mol. The molecule has 2 unspecified atom stereocenters. The maximum Gasteiger partial charge on any atom is 0.251 e. The number of carbonyl (C=O) groups is 1. The summed E-state index contributed by atoms with van der Waals surface area (Å²) in [4.78, 5) is 11.5. The van der Waals surface area contributed by atoms with Gasteiger partial charge in [0.05, 0.1) is 6.10 Å². The van der Waals surface area contributed by atoms with Crippen LogP contribution in [0.3, 0.4) is 0 Å². The fourth-order valence-electron chi connectivity index (χ4n) is 3.70. The minimum absolute atomic E-state index is 0.0444. The lowest BCUT2D eigenvalue weighted by Crippen LogP contribution is -2.64. The highest BCUT2D eigenvalue weighted by Crippen LogP contribution is 2.58. The fraction of sp³-hybridized carbons (Fsp3) is 0.588. The first-order valence-corrected chi connectivity index (χ1v) is 7.90. The third-order valence-corrected chi connectivity index (χ3v) is 5.15. The summed E-state index contributed by atoms with van der Waals surface area (Å²) in [6, 6.07) is 8.23. The molecule has 21 heavy (non-hydrogen) atoms. The Morgan fingerprint density at radius 3 is 2.57 bits per heavy atom. The van der Waals surface area contributed by atoms with Crippen molar-refractivity contribution in [3.63, 3.8) is 0 Å². The highest BCUT2D eigenvalue weighted by atomic mass is 16.5. The Balaban J connectivity index is 1.63. The van der Waals surface area contributed by atoms with Crippen LogP contribution in [0.25, 0.3) is 0 Å². The van der Waals surface area contributed by atoms with Gasteiger partial charge in [0.25, 0.3) is 5.91 Å². The first kappa shape index (κ1) is 14.4. The molecule has 3 rings (SSSR count). The van der Waals surface area contributed by atoms with Crippen LogP contribution in [0.5, 0.6) is 0 Å². The zero-order valence-corrected chi connectivity index (χ0v) is 12.8. The van der Waals surface area contributed by atoms with Crippen LogP contribution in [0.1, 0.15) is 43.0 Å². The highest BCUT2D eigenvalue weighted by Gasteiger charge is 2.58. The molecule has 1 spiro atoms. The third kappa shape index (κ3) is 2.42. The van der Waals surface area contributed by atoms with E-state index in [0.717, 1.165) is 18.7 Å². The molecule has 114 valence electrons. The van der Waals surface area contributed by atoms with E-state index in [1.54, 1.807) is 7.05 Å². The Hall–Kier alpha value is -1.55. The van der Waals surface area contributed by atoms with E-state index in [2.05, 4.69) is 17.6 Å². The molecule has 2 aliphatic carbocycles. The molecule has 2 aliphatic rings. The van der Waals surface area contributed by atoms with E-state index in [1.165, 1.54) is 19.3 Å². The van der Waals surface area contributed by atoms with E-state index >= 15 is 0 Å². The summed E-state index contributed by atoms with van der Waals surface area (Å²) < 4.78 is 5.88. The molecule has 0 aliphatic heterocycles. The standard InChI is InChI=1S/C17H24N2O2/c1-3-21-15-11-14(17(15)9-4-10-17)19-13-7-5-12(6-8-13)16(20)18-2/h5-8,14-15,19H,3-4,9-11H2,1-2H3,(H,18,20). The average molecular weight is 288 g/mol. The van der Waals surface area contributed by atoms with Gasteiger partial charge >= 0.3 is 0 Å². The zero-order chi connectivity index (χ0) is 14.9. The summed E-state index contributed by atoms with van der Waals surface area (Å²) >= 11 is 0. The van der Waals surface area contributed by atoms with Crippen LogP contribution in [0.4, 0.5) is 5.69 Å². The maximum absolute atomic E-state index is 11.5. The van der Waals surface area contributed by atoms with Gasteiger partial charge in [-0.25, -0.2) is 0 Å². The lowest BCUT2D eigenvalue weighted by atomic mass is 9.51. The summed E-state index contributed by atoms with van der Waals surface area (Å²) in [5, 5.41) is 6.27. The fourth-order valence-corrected chi connectivity index (χ4v) is 3.70. The Kier molecular flexibility index (Phi) is 3.89. The van der Waals surface area contributed by atoms with Gasteiger partial charge in [-0.15, -0.1) is 0 Å². The quantitative estimate of drug-likeness (QED) is 0.876. The van der Waals surface area contributed by atoms with Gasteiger partial charge in [-0.2, -0.15) is 0 Å².